The molecule has 0 radical (unpaired) electrons. The van der Waals surface area contributed by atoms with E-state index in [9.17, 15) is 4.39 Å². The van der Waals surface area contributed by atoms with Crippen molar-refractivity contribution in [2.75, 3.05) is 5.88 Å². The average Bonchev–Trinajstić information content (AvgIpc) is 2.98. The Labute approximate surface area is 127 Å². The fourth-order valence-electron chi connectivity index (χ4n) is 2.44. The zero-order valence-corrected chi connectivity index (χ0v) is 12.7. The molecule has 0 saturated carbocycles. The van der Waals surface area contributed by atoms with E-state index in [1.54, 1.807) is 13.1 Å². The van der Waals surface area contributed by atoms with Crippen molar-refractivity contribution in [1.82, 2.24) is 19.1 Å². The molecule has 3 rings (SSSR count). The van der Waals surface area contributed by atoms with Gasteiger partial charge in [-0.25, -0.2) is 14.4 Å². The second kappa shape index (κ2) is 5.48. The molecule has 0 spiro atoms. The first-order valence-corrected chi connectivity index (χ1v) is 7.31. The number of halogens is 2. The van der Waals surface area contributed by atoms with E-state index < -0.39 is 0 Å². The van der Waals surface area contributed by atoms with E-state index in [0.29, 0.717) is 29.9 Å². The first-order chi connectivity index (χ1) is 10.1. The van der Waals surface area contributed by atoms with Crippen molar-refractivity contribution >= 4 is 22.6 Å². The molecule has 0 amide bonds. The van der Waals surface area contributed by atoms with E-state index in [-0.39, 0.29) is 5.82 Å². The summed E-state index contributed by atoms with van der Waals surface area (Å²) >= 11 is 5.86. The van der Waals surface area contributed by atoms with Crippen LogP contribution in [0, 0.1) is 12.7 Å². The van der Waals surface area contributed by atoms with Gasteiger partial charge in [0.25, 0.3) is 0 Å². The third-order valence-electron chi connectivity index (χ3n) is 3.65. The molecule has 0 saturated heterocycles. The quantitative estimate of drug-likeness (QED) is 0.695. The highest BCUT2D eigenvalue weighted by Crippen LogP contribution is 2.22. The van der Waals surface area contributed by atoms with Crippen LogP contribution in [0.5, 0.6) is 0 Å². The molecule has 0 aliphatic heterocycles. The second-order valence-corrected chi connectivity index (χ2v) is 5.48. The fraction of sp³-hybridized carbons (Fsp3) is 0.333. The van der Waals surface area contributed by atoms with Crippen LogP contribution in [-0.4, -0.2) is 25.0 Å². The van der Waals surface area contributed by atoms with Crippen molar-refractivity contribution in [3.05, 3.63) is 47.6 Å². The zero-order chi connectivity index (χ0) is 15.0. The SMILES string of the molecule is Cc1cc2c(cc1F)nc(CCCl)n2Cc1nccn1C. The van der Waals surface area contributed by atoms with Crippen LogP contribution in [0.3, 0.4) is 0 Å². The van der Waals surface area contributed by atoms with E-state index in [4.69, 9.17) is 11.6 Å². The molecule has 0 bridgehead atoms. The van der Waals surface area contributed by atoms with Crippen LogP contribution in [0.4, 0.5) is 4.39 Å². The smallest absolute Gasteiger partial charge is 0.128 e. The van der Waals surface area contributed by atoms with E-state index in [1.807, 2.05) is 23.9 Å². The molecular formula is C15H16ClFN4. The van der Waals surface area contributed by atoms with Gasteiger partial charge in [-0.2, -0.15) is 0 Å². The van der Waals surface area contributed by atoms with E-state index >= 15 is 0 Å². The molecule has 0 aliphatic rings. The van der Waals surface area contributed by atoms with Gasteiger partial charge in [0.2, 0.25) is 0 Å². The van der Waals surface area contributed by atoms with Gasteiger partial charge < -0.3 is 9.13 Å². The summed E-state index contributed by atoms with van der Waals surface area (Å²) in [5.41, 5.74) is 2.19. The number of aryl methyl sites for hydroxylation is 3. The summed E-state index contributed by atoms with van der Waals surface area (Å²) in [7, 11) is 1.95. The third-order valence-corrected chi connectivity index (χ3v) is 3.84. The van der Waals surface area contributed by atoms with Gasteiger partial charge in [-0.15, -0.1) is 11.6 Å². The van der Waals surface area contributed by atoms with E-state index in [2.05, 4.69) is 14.5 Å². The van der Waals surface area contributed by atoms with Gasteiger partial charge >= 0.3 is 0 Å². The number of nitrogens with zero attached hydrogens (tertiary/aromatic N) is 4. The highest BCUT2D eigenvalue weighted by Gasteiger charge is 2.14. The predicted octanol–water partition coefficient (Wildman–Crippen LogP) is 3.05. The molecule has 0 fully saturated rings. The van der Waals surface area contributed by atoms with Crippen molar-refractivity contribution in [3.8, 4) is 0 Å². The summed E-state index contributed by atoms with van der Waals surface area (Å²) in [6, 6.07) is 3.32. The van der Waals surface area contributed by atoms with Crippen LogP contribution in [0.25, 0.3) is 11.0 Å². The van der Waals surface area contributed by atoms with Crippen molar-refractivity contribution in [2.24, 2.45) is 7.05 Å². The third kappa shape index (κ3) is 2.53. The first kappa shape index (κ1) is 14.1. The van der Waals surface area contributed by atoms with Gasteiger partial charge in [0.05, 0.1) is 17.6 Å². The Bertz CT molecular complexity index is 790. The van der Waals surface area contributed by atoms with Crippen LogP contribution >= 0.6 is 11.6 Å². The molecule has 0 aliphatic carbocycles. The molecule has 2 heterocycles. The number of aromatic nitrogens is 4. The Morgan fingerprint density at radius 3 is 2.76 bits per heavy atom. The predicted molar refractivity (Wildman–Crippen MR) is 81.2 cm³/mol. The lowest BCUT2D eigenvalue weighted by atomic mass is 10.2. The van der Waals surface area contributed by atoms with Gasteiger partial charge in [-0.05, 0) is 18.6 Å². The molecule has 1 aromatic carbocycles. The molecule has 0 unspecified atom stereocenters. The van der Waals surface area contributed by atoms with Gasteiger partial charge in [-0.3, -0.25) is 0 Å². The van der Waals surface area contributed by atoms with Crippen molar-refractivity contribution in [2.45, 2.75) is 19.9 Å². The molecule has 0 N–H and O–H groups in total. The monoisotopic (exact) mass is 306 g/mol. The Balaban J connectivity index is 2.15. The summed E-state index contributed by atoms with van der Waals surface area (Å²) in [5.74, 6) is 2.02. The standard InChI is InChI=1S/C15H16ClFN4/c1-10-7-13-12(8-11(10)17)19-14(3-4-16)21(13)9-15-18-5-6-20(15)2/h5-8H,3-4,9H2,1-2H3. The van der Waals surface area contributed by atoms with Crippen LogP contribution < -0.4 is 0 Å². The largest absolute Gasteiger partial charge is 0.337 e. The molecular weight excluding hydrogens is 291 g/mol. The van der Waals surface area contributed by atoms with Crippen molar-refractivity contribution in [1.29, 1.82) is 0 Å². The van der Waals surface area contributed by atoms with Gasteiger partial charge in [0.1, 0.15) is 17.5 Å². The normalized spacial score (nSPS) is 11.4. The lowest BCUT2D eigenvalue weighted by Gasteiger charge is -2.09. The molecule has 2 aromatic heterocycles. The first-order valence-electron chi connectivity index (χ1n) is 6.77. The minimum atomic E-state index is -0.235. The fourth-order valence-corrected chi connectivity index (χ4v) is 2.61. The van der Waals surface area contributed by atoms with Crippen LogP contribution in [0.2, 0.25) is 0 Å². The van der Waals surface area contributed by atoms with Crippen LogP contribution in [0.1, 0.15) is 17.2 Å². The highest BCUT2D eigenvalue weighted by molar-refractivity contribution is 6.17. The molecule has 3 aromatic rings. The van der Waals surface area contributed by atoms with Gasteiger partial charge in [-0.1, -0.05) is 0 Å². The molecule has 21 heavy (non-hydrogen) atoms. The lowest BCUT2D eigenvalue weighted by molar-refractivity contribution is 0.620. The number of alkyl halides is 1. The van der Waals surface area contributed by atoms with Crippen LogP contribution in [0.15, 0.2) is 24.5 Å². The van der Waals surface area contributed by atoms with E-state index in [1.165, 1.54) is 6.07 Å². The maximum Gasteiger partial charge on any atom is 0.128 e. The zero-order valence-electron chi connectivity index (χ0n) is 12.0. The molecule has 6 heteroatoms. The van der Waals surface area contributed by atoms with E-state index in [0.717, 1.165) is 17.2 Å². The minimum Gasteiger partial charge on any atom is -0.337 e. The topological polar surface area (TPSA) is 35.6 Å². The van der Waals surface area contributed by atoms with Gasteiger partial charge in [0.15, 0.2) is 0 Å². The summed E-state index contributed by atoms with van der Waals surface area (Å²) in [6.07, 6.45) is 4.31. The Morgan fingerprint density at radius 2 is 2.10 bits per heavy atom. The average molecular weight is 307 g/mol. The van der Waals surface area contributed by atoms with Gasteiger partial charge in [0, 0.05) is 37.8 Å². The second-order valence-electron chi connectivity index (χ2n) is 5.10. The number of imidazole rings is 2. The molecule has 4 nitrogen and oxygen atoms in total. The maximum absolute atomic E-state index is 13.7. The Hall–Kier alpha value is -1.88. The molecule has 110 valence electrons. The highest BCUT2D eigenvalue weighted by atomic mass is 35.5. The summed E-state index contributed by atoms with van der Waals surface area (Å²) in [4.78, 5) is 8.86. The summed E-state index contributed by atoms with van der Waals surface area (Å²) in [6.45, 7) is 2.35. The Morgan fingerprint density at radius 1 is 1.29 bits per heavy atom. The minimum absolute atomic E-state index is 0.235. The number of benzene rings is 1. The van der Waals surface area contributed by atoms with Crippen molar-refractivity contribution in [3.63, 3.8) is 0 Å². The maximum atomic E-state index is 13.7. The summed E-state index contributed by atoms with van der Waals surface area (Å²) < 4.78 is 17.8. The number of rotatable bonds is 4. The molecule has 0 atom stereocenters. The van der Waals surface area contributed by atoms with Crippen molar-refractivity contribution < 1.29 is 4.39 Å². The van der Waals surface area contributed by atoms with Crippen LogP contribution in [-0.2, 0) is 20.0 Å². The number of hydrogen-bond donors (Lipinski definition) is 0. The number of fused-ring (bicyclic) bond motifs is 1. The Kier molecular flexibility index (Phi) is 3.68. The number of hydrogen-bond acceptors (Lipinski definition) is 2. The summed E-state index contributed by atoms with van der Waals surface area (Å²) in [5, 5.41) is 0. The lowest BCUT2D eigenvalue weighted by Crippen LogP contribution is -2.10.